The number of aromatic nitrogens is 1. The normalized spacial score (nSPS) is 15.1. The van der Waals surface area contributed by atoms with Gasteiger partial charge in [-0.05, 0) is 74.0 Å². The van der Waals surface area contributed by atoms with Crippen molar-refractivity contribution in [1.29, 1.82) is 0 Å². The van der Waals surface area contributed by atoms with Crippen LogP contribution < -0.4 is 15.5 Å². The van der Waals surface area contributed by atoms with E-state index in [1.165, 1.54) is 31.0 Å². The fraction of sp³-hybridized carbons (Fsp3) is 0.432. The summed E-state index contributed by atoms with van der Waals surface area (Å²) >= 11 is 1.01. The summed E-state index contributed by atoms with van der Waals surface area (Å²) in [6.45, 7) is 2.74. The Morgan fingerprint density at radius 2 is 1.77 bits per heavy atom. The minimum absolute atomic E-state index is 0.0108. The molecule has 0 aliphatic heterocycles. The number of fused-ring (bicyclic) bond motifs is 1. The number of hydrogen-bond acceptors (Lipinski definition) is 8. The molecule has 1 heterocycles. The van der Waals surface area contributed by atoms with Gasteiger partial charge >= 0.3 is 11.0 Å². The first-order chi connectivity index (χ1) is 23.3. The molecule has 0 spiro atoms. The molecular weight excluding hydrogens is 631 g/mol. The Kier molecular flexibility index (Phi) is 12.8. The number of rotatable bonds is 15. The maximum atomic E-state index is 14.1. The number of ether oxygens (including phenoxy) is 1. The van der Waals surface area contributed by atoms with Crippen LogP contribution >= 0.6 is 11.3 Å². The van der Waals surface area contributed by atoms with Crippen molar-refractivity contribution in [2.24, 2.45) is 0 Å². The standard InChI is InChI=1S/C37H45FN4O5S/c1-25(39-20-18-26-12-9-13-29(38)22-26)34(44)31(40-30-14-7-2-3-8-15-30)23-42(37(46)47-24-27-10-5-4-6-11-27)21-19-28-16-17-32(43)33-35(28)48-36(45)41-33/h4-6,9-13,16-17,22,25,30-31,39-40,43H,2-3,7-8,14-15,18-21,23-24H2,1H3,(H,41,45)/t25-,31?/m0/s1. The van der Waals surface area contributed by atoms with E-state index in [4.69, 9.17) is 4.74 Å². The van der Waals surface area contributed by atoms with Gasteiger partial charge in [-0.3, -0.25) is 9.59 Å². The molecule has 1 aliphatic rings. The van der Waals surface area contributed by atoms with Crippen molar-refractivity contribution in [3.8, 4) is 5.75 Å². The van der Waals surface area contributed by atoms with Gasteiger partial charge in [-0.25, -0.2) is 9.18 Å². The molecule has 11 heteroatoms. The van der Waals surface area contributed by atoms with Crippen LogP contribution in [0.2, 0.25) is 0 Å². The van der Waals surface area contributed by atoms with E-state index < -0.39 is 18.2 Å². The Hall–Kier alpha value is -4.06. The number of nitrogens with zero attached hydrogens (tertiary/aromatic N) is 1. The van der Waals surface area contributed by atoms with E-state index in [2.05, 4.69) is 15.6 Å². The Morgan fingerprint density at radius 1 is 1.02 bits per heavy atom. The van der Waals surface area contributed by atoms with Gasteiger partial charge in [0.1, 0.15) is 23.7 Å². The van der Waals surface area contributed by atoms with E-state index in [-0.39, 0.29) is 48.0 Å². The van der Waals surface area contributed by atoms with Crippen molar-refractivity contribution in [3.05, 3.63) is 98.9 Å². The van der Waals surface area contributed by atoms with Gasteiger partial charge in [-0.1, -0.05) is 85.6 Å². The molecule has 5 rings (SSSR count). The highest BCUT2D eigenvalue weighted by molar-refractivity contribution is 7.16. The maximum absolute atomic E-state index is 14.1. The molecular formula is C37H45FN4O5S. The number of carbonyl (C=O) groups is 2. The number of benzene rings is 3. The average molecular weight is 677 g/mol. The van der Waals surface area contributed by atoms with Gasteiger partial charge in [0.15, 0.2) is 5.78 Å². The van der Waals surface area contributed by atoms with Crippen molar-refractivity contribution in [2.75, 3.05) is 19.6 Å². The van der Waals surface area contributed by atoms with E-state index in [1.54, 1.807) is 17.0 Å². The number of phenolic OH excluding ortho intramolecular Hbond substituents is 1. The van der Waals surface area contributed by atoms with Crippen LogP contribution in [0.3, 0.4) is 0 Å². The van der Waals surface area contributed by atoms with Crippen molar-refractivity contribution >= 4 is 33.4 Å². The summed E-state index contributed by atoms with van der Waals surface area (Å²) < 4.78 is 20.1. The van der Waals surface area contributed by atoms with Crippen LogP contribution in [0.5, 0.6) is 5.75 Å². The zero-order valence-electron chi connectivity index (χ0n) is 27.4. The Bertz CT molecular complexity index is 1700. The zero-order chi connectivity index (χ0) is 33.9. The molecule has 1 unspecified atom stereocenters. The van der Waals surface area contributed by atoms with Gasteiger partial charge in [0.2, 0.25) is 0 Å². The fourth-order valence-corrected chi connectivity index (χ4v) is 7.19. The summed E-state index contributed by atoms with van der Waals surface area (Å²) in [4.78, 5) is 43.9. The summed E-state index contributed by atoms with van der Waals surface area (Å²) in [6.07, 6.45) is 6.83. The molecule has 0 saturated heterocycles. The lowest BCUT2D eigenvalue weighted by atomic mass is 10.0. The largest absolute Gasteiger partial charge is 0.506 e. The van der Waals surface area contributed by atoms with Crippen LogP contribution in [-0.4, -0.2) is 64.6 Å². The predicted octanol–water partition coefficient (Wildman–Crippen LogP) is 6.09. The first-order valence-corrected chi connectivity index (χ1v) is 17.7. The fourth-order valence-electron chi connectivity index (χ4n) is 6.30. The van der Waals surface area contributed by atoms with Crippen molar-refractivity contribution in [2.45, 2.75) is 83.0 Å². The van der Waals surface area contributed by atoms with Crippen LogP contribution in [0, 0.1) is 5.82 Å². The van der Waals surface area contributed by atoms with Crippen LogP contribution in [0.25, 0.3) is 10.2 Å². The second kappa shape index (κ2) is 17.4. The molecule has 3 aromatic carbocycles. The number of H-pyrrole nitrogens is 1. The van der Waals surface area contributed by atoms with Gasteiger partial charge in [0, 0.05) is 19.1 Å². The van der Waals surface area contributed by atoms with Crippen molar-refractivity contribution in [3.63, 3.8) is 0 Å². The van der Waals surface area contributed by atoms with E-state index in [1.807, 2.05) is 43.3 Å². The Labute approximate surface area is 284 Å². The smallest absolute Gasteiger partial charge is 0.410 e. The topological polar surface area (TPSA) is 124 Å². The molecule has 1 amide bonds. The highest BCUT2D eigenvalue weighted by atomic mass is 32.1. The molecule has 1 aromatic heterocycles. The molecule has 2 atom stereocenters. The second-order valence-electron chi connectivity index (χ2n) is 12.6. The average Bonchev–Trinajstić information content (AvgIpc) is 3.31. The number of aromatic amines is 1. The summed E-state index contributed by atoms with van der Waals surface area (Å²) in [7, 11) is 0. The summed E-state index contributed by atoms with van der Waals surface area (Å²) in [6, 6.07) is 18.1. The minimum atomic E-state index is -0.655. The van der Waals surface area contributed by atoms with Crippen LogP contribution in [0.1, 0.15) is 62.1 Å². The van der Waals surface area contributed by atoms with Crippen LogP contribution in [0.4, 0.5) is 9.18 Å². The highest BCUT2D eigenvalue weighted by Crippen LogP contribution is 2.28. The van der Waals surface area contributed by atoms with E-state index in [9.17, 15) is 23.9 Å². The number of amides is 1. The number of hydrogen-bond donors (Lipinski definition) is 4. The maximum Gasteiger partial charge on any atom is 0.410 e. The molecule has 0 bridgehead atoms. The molecule has 1 fully saturated rings. The Morgan fingerprint density at radius 3 is 2.52 bits per heavy atom. The lowest BCUT2D eigenvalue weighted by molar-refractivity contribution is -0.123. The van der Waals surface area contributed by atoms with E-state index in [0.29, 0.717) is 29.6 Å². The monoisotopic (exact) mass is 676 g/mol. The molecule has 4 N–H and O–H groups in total. The van der Waals surface area contributed by atoms with E-state index in [0.717, 1.165) is 53.7 Å². The number of phenols is 1. The quantitative estimate of drug-likeness (QED) is 0.113. The molecule has 4 aromatic rings. The molecule has 48 heavy (non-hydrogen) atoms. The van der Waals surface area contributed by atoms with Crippen LogP contribution in [0.15, 0.2) is 71.5 Å². The molecule has 9 nitrogen and oxygen atoms in total. The number of Topliss-reactive ketones (excluding diaryl/α,β-unsaturated/α-hetero) is 1. The van der Waals surface area contributed by atoms with Crippen LogP contribution in [-0.2, 0) is 29.0 Å². The van der Waals surface area contributed by atoms with Gasteiger partial charge in [-0.2, -0.15) is 0 Å². The minimum Gasteiger partial charge on any atom is -0.506 e. The van der Waals surface area contributed by atoms with Gasteiger partial charge in [0.25, 0.3) is 0 Å². The molecule has 1 aliphatic carbocycles. The number of thiazole rings is 1. The first kappa shape index (κ1) is 35.3. The second-order valence-corrected chi connectivity index (χ2v) is 13.5. The zero-order valence-corrected chi connectivity index (χ0v) is 28.2. The number of aromatic hydroxyl groups is 1. The number of carbonyl (C=O) groups excluding carboxylic acids is 2. The van der Waals surface area contributed by atoms with Gasteiger partial charge < -0.3 is 30.4 Å². The predicted molar refractivity (Wildman–Crippen MR) is 187 cm³/mol. The lowest BCUT2D eigenvalue weighted by Crippen LogP contribution is -2.56. The number of ketones is 1. The summed E-state index contributed by atoms with van der Waals surface area (Å²) in [5, 5.41) is 17.2. The van der Waals surface area contributed by atoms with Gasteiger partial charge in [0.05, 0.1) is 16.8 Å². The first-order valence-electron chi connectivity index (χ1n) is 16.8. The number of nitrogens with one attached hydrogen (secondary N) is 3. The van der Waals surface area contributed by atoms with Crippen molar-refractivity contribution in [1.82, 2.24) is 20.5 Å². The molecule has 256 valence electrons. The lowest BCUT2D eigenvalue weighted by Gasteiger charge is -2.31. The summed E-state index contributed by atoms with van der Waals surface area (Å²) in [5.41, 5.74) is 2.88. The van der Waals surface area contributed by atoms with Gasteiger partial charge in [-0.15, -0.1) is 0 Å². The third-order valence-corrected chi connectivity index (χ3v) is 9.93. The Balaban J connectivity index is 1.34. The SMILES string of the molecule is C[C@H](NCCc1cccc(F)c1)C(=O)C(CN(CCc1ccc(O)c2[nH]c(=O)sc12)C(=O)OCc1ccccc1)NC1CCCCCC1. The number of halogens is 1. The van der Waals surface area contributed by atoms with Crippen molar-refractivity contribution < 1.29 is 23.8 Å². The molecule has 0 radical (unpaired) electrons. The third-order valence-electron chi connectivity index (χ3n) is 8.97. The molecule has 1 saturated carbocycles. The van der Waals surface area contributed by atoms with E-state index >= 15 is 0 Å². The summed E-state index contributed by atoms with van der Waals surface area (Å²) in [5.74, 6) is -0.360. The highest BCUT2D eigenvalue weighted by Gasteiger charge is 2.30. The third kappa shape index (κ3) is 9.98.